The Hall–Kier alpha value is -1.52. The van der Waals surface area contributed by atoms with Crippen molar-refractivity contribution >= 4 is 6.03 Å². The largest absolute Gasteiger partial charge is 0.348 e. The lowest BCUT2D eigenvalue weighted by molar-refractivity contribution is 0.102. The van der Waals surface area contributed by atoms with Crippen LogP contribution in [0.1, 0.15) is 37.8 Å². The van der Waals surface area contributed by atoms with E-state index in [1.807, 2.05) is 4.90 Å². The van der Waals surface area contributed by atoms with Gasteiger partial charge in [-0.3, -0.25) is 0 Å². The lowest BCUT2D eigenvalue weighted by Crippen LogP contribution is -2.49. The van der Waals surface area contributed by atoms with Gasteiger partial charge < -0.3 is 15.2 Å². The third-order valence-corrected chi connectivity index (χ3v) is 4.80. The van der Waals surface area contributed by atoms with Crippen LogP contribution in [-0.4, -0.2) is 40.5 Å². The van der Waals surface area contributed by atoms with E-state index in [-0.39, 0.29) is 6.03 Å². The van der Waals surface area contributed by atoms with Crippen molar-refractivity contribution in [3.8, 4) is 0 Å². The van der Waals surface area contributed by atoms with Gasteiger partial charge in [-0.25, -0.2) is 9.78 Å². The molecular formula is C15H24N4O. The number of amides is 2. The summed E-state index contributed by atoms with van der Waals surface area (Å²) in [4.78, 5) is 21.2. The minimum Gasteiger partial charge on any atom is -0.348 e. The van der Waals surface area contributed by atoms with Gasteiger partial charge in [0.05, 0.1) is 6.33 Å². The molecule has 1 saturated heterocycles. The molecule has 1 aliphatic heterocycles. The monoisotopic (exact) mass is 276 g/mol. The van der Waals surface area contributed by atoms with Gasteiger partial charge in [0, 0.05) is 37.9 Å². The summed E-state index contributed by atoms with van der Waals surface area (Å²) >= 11 is 0. The highest BCUT2D eigenvalue weighted by atomic mass is 16.2. The molecule has 0 spiro atoms. The summed E-state index contributed by atoms with van der Waals surface area (Å²) in [5.74, 6) is 1.62. The number of rotatable bonds is 3. The van der Waals surface area contributed by atoms with Crippen LogP contribution in [0, 0.1) is 11.8 Å². The molecule has 110 valence electrons. The second kappa shape index (κ2) is 6.29. The molecule has 0 bridgehead atoms. The zero-order chi connectivity index (χ0) is 13.8. The lowest BCUT2D eigenvalue weighted by Gasteiger charge is -2.41. The van der Waals surface area contributed by atoms with Gasteiger partial charge in [0.15, 0.2) is 0 Å². The Kier molecular flexibility index (Phi) is 4.23. The average Bonchev–Trinajstić information content (AvgIpc) is 3.00. The van der Waals surface area contributed by atoms with E-state index in [0.717, 1.165) is 37.0 Å². The Morgan fingerprint density at radius 1 is 1.35 bits per heavy atom. The van der Waals surface area contributed by atoms with Crippen molar-refractivity contribution in [3.05, 3.63) is 18.2 Å². The number of aromatic nitrogens is 2. The fourth-order valence-corrected chi connectivity index (χ4v) is 3.62. The smallest absolute Gasteiger partial charge is 0.317 e. The molecule has 0 aromatic carbocycles. The SMILES string of the molecule is O=C(NCCc1cnc[nH]1)N1CC[C@@H]2CCCC[C@H]2C1. The summed E-state index contributed by atoms with van der Waals surface area (Å²) in [5, 5.41) is 3.03. The molecule has 5 nitrogen and oxygen atoms in total. The first-order valence-electron chi connectivity index (χ1n) is 7.83. The molecule has 0 radical (unpaired) electrons. The first-order chi connectivity index (χ1) is 9.83. The number of carbonyl (C=O) groups is 1. The Bertz CT molecular complexity index is 431. The predicted molar refractivity (Wildman–Crippen MR) is 77.3 cm³/mol. The molecule has 20 heavy (non-hydrogen) atoms. The summed E-state index contributed by atoms with van der Waals surface area (Å²) in [6.07, 6.45) is 10.9. The van der Waals surface area contributed by atoms with Crippen molar-refractivity contribution < 1.29 is 4.79 Å². The van der Waals surface area contributed by atoms with Crippen LogP contribution in [-0.2, 0) is 6.42 Å². The molecule has 3 rings (SSSR count). The van der Waals surface area contributed by atoms with E-state index in [9.17, 15) is 4.79 Å². The molecule has 1 aromatic rings. The van der Waals surface area contributed by atoms with Crippen LogP contribution < -0.4 is 5.32 Å². The van der Waals surface area contributed by atoms with Gasteiger partial charge in [-0.05, 0) is 24.7 Å². The number of urea groups is 1. The molecule has 2 aliphatic rings. The maximum atomic E-state index is 12.2. The molecule has 1 aliphatic carbocycles. The second-order valence-corrected chi connectivity index (χ2v) is 6.10. The Balaban J connectivity index is 1.43. The molecule has 5 heteroatoms. The number of carbonyl (C=O) groups excluding carboxylic acids is 1. The summed E-state index contributed by atoms with van der Waals surface area (Å²) in [6, 6.07) is 0.105. The van der Waals surface area contributed by atoms with E-state index in [4.69, 9.17) is 0 Å². The number of nitrogens with one attached hydrogen (secondary N) is 2. The maximum absolute atomic E-state index is 12.2. The van der Waals surface area contributed by atoms with Crippen molar-refractivity contribution in [2.24, 2.45) is 11.8 Å². The average molecular weight is 276 g/mol. The zero-order valence-corrected chi connectivity index (χ0v) is 12.0. The van der Waals surface area contributed by atoms with Crippen LogP contribution in [0.15, 0.2) is 12.5 Å². The highest BCUT2D eigenvalue weighted by Gasteiger charge is 2.32. The van der Waals surface area contributed by atoms with Gasteiger partial charge in [0.25, 0.3) is 0 Å². The summed E-state index contributed by atoms with van der Waals surface area (Å²) < 4.78 is 0. The highest BCUT2D eigenvalue weighted by molar-refractivity contribution is 5.74. The summed E-state index contributed by atoms with van der Waals surface area (Å²) in [7, 11) is 0. The minimum absolute atomic E-state index is 0.105. The Morgan fingerprint density at radius 3 is 3.00 bits per heavy atom. The third kappa shape index (κ3) is 3.14. The van der Waals surface area contributed by atoms with Gasteiger partial charge in [-0.1, -0.05) is 19.3 Å². The summed E-state index contributed by atoms with van der Waals surface area (Å²) in [6.45, 7) is 2.56. The highest BCUT2D eigenvalue weighted by Crippen LogP contribution is 2.35. The molecule has 2 amide bonds. The van der Waals surface area contributed by atoms with E-state index in [0.29, 0.717) is 6.54 Å². The van der Waals surface area contributed by atoms with Gasteiger partial charge in [-0.2, -0.15) is 0 Å². The molecule has 1 saturated carbocycles. The number of H-pyrrole nitrogens is 1. The van der Waals surface area contributed by atoms with Crippen molar-refractivity contribution in [1.82, 2.24) is 20.2 Å². The zero-order valence-electron chi connectivity index (χ0n) is 12.0. The number of imidazole rings is 1. The van der Waals surface area contributed by atoms with Crippen molar-refractivity contribution in [3.63, 3.8) is 0 Å². The Morgan fingerprint density at radius 2 is 2.20 bits per heavy atom. The quantitative estimate of drug-likeness (QED) is 0.889. The van der Waals surface area contributed by atoms with Gasteiger partial charge >= 0.3 is 6.03 Å². The minimum atomic E-state index is 0.105. The fraction of sp³-hybridized carbons (Fsp3) is 0.733. The van der Waals surface area contributed by atoms with Crippen LogP contribution in [0.5, 0.6) is 0 Å². The summed E-state index contributed by atoms with van der Waals surface area (Å²) in [5.41, 5.74) is 1.07. The second-order valence-electron chi connectivity index (χ2n) is 6.10. The Labute approximate surface area is 120 Å². The third-order valence-electron chi connectivity index (χ3n) is 4.80. The van der Waals surface area contributed by atoms with Crippen LogP contribution >= 0.6 is 0 Å². The normalized spacial score (nSPS) is 26.1. The number of piperidine rings is 1. The lowest BCUT2D eigenvalue weighted by atomic mass is 9.75. The first kappa shape index (κ1) is 13.5. The molecule has 2 fully saturated rings. The molecule has 2 atom stereocenters. The van der Waals surface area contributed by atoms with Crippen LogP contribution in [0.3, 0.4) is 0 Å². The van der Waals surface area contributed by atoms with Crippen LogP contribution in [0.25, 0.3) is 0 Å². The standard InChI is InChI=1S/C15H24N4O/c20-15(17-7-5-14-9-16-11-18-14)19-8-6-12-3-1-2-4-13(12)10-19/h9,11-13H,1-8,10H2,(H,16,18)(H,17,20)/t12-,13-/m0/s1. The number of aromatic amines is 1. The van der Waals surface area contributed by atoms with Crippen LogP contribution in [0.4, 0.5) is 4.79 Å². The molecule has 0 unspecified atom stereocenters. The van der Waals surface area contributed by atoms with Gasteiger partial charge in [-0.15, -0.1) is 0 Å². The molecule has 1 aromatic heterocycles. The topological polar surface area (TPSA) is 61.0 Å². The predicted octanol–water partition coefficient (Wildman–Crippen LogP) is 2.17. The molecule has 2 N–H and O–H groups in total. The van der Waals surface area contributed by atoms with Crippen molar-refractivity contribution in [2.45, 2.75) is 38.5 Å². The van der Waals surface area contributed by atoms with Gasteiger partial charge in [0.1, 0.15) is 0 Å². The molecule has 2 heterocycles. The number of hydrogen-bond donors (Lipinski definition) is 2. The number of fused-ring (bicyclic) bond motifs is 1. The number of hydrogen-bond acceptors (Lipinski definition) is 2. The maximum Gasteiger partial charge on any atom is 0.317 e. The van der Waals surface area contributed by atoms with Crippen molar-refractivity contribution in [1.29, 1.82) is 0 Å². The van der Waals surface area contributed by atoms with Gasteiger partial charge in [0.2, 0.25) is 0 Å². The van der Waals surface area contributed by atoms with Crippen molar-refractivity contribution in [2.75, 3.05) is 19.6 Å². The molecular weight excluding hydrogens is 252 g/mol. The first-order valence-corrected chi connectivity index (χ1v) is 7.83. The van der Waals surface area contributed by atoms with Crippen LogP contribution in [0.2, 0.25) is 0 Å². The van der Waals surface area contributed by atoms with E-state index in [1.54, 1.807) is 12.5 Å². The number of nitrogens with zero attached hydrogens (tertiary/aromatic N) is 2. The van der Waals surface area contributed by atoms with E-state index >= 15 is 0 Å². The number of likely N-dealkylation sites (tertiary alicyclic amines) is 1. The van der Waals surface area contributed by atoms with E-state index < -0.39 is 0 Å². The van der Waals surface area contributed by atoms with E-state index in [2.05, 4.69) is 15.3 Å². The fourth-order valence-electron chi connectivity index (χ4n) is 3.62. The van der Waals surface area contributed by atoms with E-state index in [1.165, 1.54) is 32.1 Å².